The molecule has 1 amide bonds. The summed E-state index contributed by atoms with van der Waals surface area (Å²) in [5, 5.41) is 12.1. The minimum Gasteiger partial charge on any atom is -0.478 e. The van der Waals surface area contributed by atoms with E-state index in [1.807, 2.05) is 24.3 Å². The average Bonchev–Trinajstić information content (AvgIpc) is 2.80. The van der Waals surface area contributed by atoms with Crippen LogP contribution in [0.25, 0.3) is 0 Å². The van der Waals surface area contributed by atoms with Crippen molar-refractivity contribution in [2.24, 2.45) is 0 Å². The molecule has 158 valence electrons. The zero-order chi connectivity index (χ0) is 21.8. The van der Waals surface area contributed by atoms with Crippen LogP contribution in [0.5, 0.6) is 0 Å². The zero-order valence-electron chi connectivity index (χ0n) is 17.4. The van der Waals surface area contributed by atoms with E-state index in [0.717, 1.165) is 31.9 Å². The first-order valence-electron chi connectivity index (χ1n) is 10.3. The summed E-state index contributed by atoms with van der Waals surface area (Å²) >= 11 is 0. The number of hydrogen-bond acceptors (Lipinski definition) is 4. The summed E-state index contributed by atoms with van der Waals surface area (Å²) in [4.78, 5) is 28.6. The van der Waals surface area contributed by atoms with Gasteiger partial charge in [-0.05, 0) is 55.5 Å². The highest BCUT2D eigenvalue weighted by molar-refractivity contribution is 6.10. The van der Waals surface area contributed by atoms with E-state index in [4.69, 9.17) is 0 Å². The van der Waals surface area contributed by atoms with Gasteiger partial charge in [0, 0.05) is 43.2 Å². The second kappa shape index (κ2) is 8.92. The smallest absolute Gasteiger partial charge is 0.336 e. The fourth-order valence-electron chi connectivity index (χ4n) is 3.80. The molecule has 1 aliphatic heterocycles. The summed E-state index contributed by atoms with van der Waals surface area (Å²) in [6, 6.07) is 22.5. The predicted octanol–water partition coefficient (Wildman–Crippen LogP) is 4.27. The van der Waals surface area contributed by atoms with E-state index in [-0.39, 0.29) is 11.1 Å². The Balaban J connectivity index is 1.37. The first kappa shape index (κ1) is 20.5. The van der Waals surface area contributed by atoms with Crippen molar-refractivity contribution < 1.29 is 14.7 Å². The summed E-state index contributed by atoms with van der Waals surface area (Å²) in [6.45, 7) is 5.84. The van der Waals surface area contributed by atoms with E-state index >= 15 is 0 Å². The lowest BCUT2D eigenvalue weighted by Gasteiger charge is -2.37. The van der Waals surface area contributed by atoms with Gasteiger partial charge >= 0.3 is 5.97 Å². The number of anilines is 3. The van der Waals surface area contributed by atoms with Gasteiger partial charge in [-0.15, -0.1) is 0 Å². The fourth-order valence-corrected chi connectivity index (χ4v) is 3.80. The van der Waals surface area contributed by atoms with Crippen LogP contribution in [0.15, 0.2) is 72.8 Å². The number of carbonyl (C=O) groups is 2. The number of nitrogens with one attached hydrogen (secondary N) is 1. The Labute approximate surface area is 181 Å². The van der Waals surface area contributed by atoms with Crippen molar-refractivity contribution in [2.75, 3.05) is 41.3 Å². The predicted molar refractivity (Wildman–Crippen MR) is 123 cm³/mol. The molecule has 2 N–H and O–H groups in total. The minimum atomic E-state index is -1.12. The van der Waals surface area contributed by atoms with Crippen LogP contribution in [-0.2, 0) is 0 Å². The first-order valence-corrected chi connectivity index (χ1v) is 10.3. The Hall–Kier alpha value is -3.80. The van der Waals surface area contributed by atoms with Crippen LogP contribution in [0.4, 0.5) is 17.1 Å². The Kier molecular flexibility index (Phi) is 5.89. The second-order valence-corrected chi connectivity index (χ2v) is 7.66. The number of carboxylic acids is 1. The molecule has 0 spiro atoms. The van der Waals surface area contributed by atoms with Crippen molar-refractivity contribution in [3.8, 4) is 0 Å². The van der Waals surface area contributed by atoms with Gasteiger partial charge in [0.05, 0.1) is 11.1 Å². The molecule has 0 saturated carbocycles. The molecule has 0 atom stereocenters. The van der Waals surface area contributed by atoms with Gasteiger partial charge in [-0.1, -0.05) is 29.8 Å². The maximum atomic E-state index is 12.5. The molecular formula is C25H25N3O3. The van der Waals surface area contributed by atoms with E-state index in [2.05, 4.69) is 46.3 Å². The standard InChI is InChI=1S/C25H25N3O3/c1-18-6-10-20(11-7-18)27-14-16-28(17-15-27)21-12-8-19(9-13-21)26-24(29)22-4-2-3-5-23(22)25(30)31/h2-13H,14-17H2,1H3,(H,26,29)(H,30,31). The molecule has 1 aliphatic rings. The molecule has 0 unspecified atom stereocenters. The van der Waals surface area contributed by atoms with Crippen LogP contribution in [0.2, 0.25) is 0 Å². The number of aromatic carboxylic acids is 1. The number of carbonyl (C=O) groups excluding carboxylic acids is 1. The Morgan fingerprint density at radius 2 is 1.23 bits per heavy atom. The van der Waals surface area contributed by atoms with Gasteiger partial charge in [-0.2, -0.15) is 0 Å². The molecule has 1 saturated heterocycles. The summed E-state index contributed by atoms with van der Waals surface area (Å²) in [7, 11) is 0. The van der Waals surface area contributed by atoms with E-state index in [9.17, 15) is 14.7 Å². The normalized spacial score (nSPS) is 13.7. The fraction of sp³-hybridized carbons (Fsp3) is 0.200. The van der Waals surface area contributed by atoms with Gasteiger partial charge in [0.15, 0.2) is 0 Å². The molecule has 1 heterocycles. The number of rotatable bonds is 5. The van der Waals surface area contributed by atoms with Crippen molar-refractivity contribution >= 4 is 28.9 Å². The lowest BCUT2D eigenvalue weighted by molar-refractivity contribution is 0.0692. The minimum absolute atomic E-state index is 0.0110. The Morgan fingerprint density at radius 1 is 0.742 bits per heavy atom. The van der Waals surface area contributed by atoms with Crippen LogP contribution in [0, 0.1) is 6.92 Å². The number of nitrogens with zero attached hydrogens (tertiary/aromatic N) is 2. The lowest BCUT2D eigenvalue weighted by atomic mass is 10.1. The molecule has 31 heavy (non-hydrogen) atoms. The van der Waals surface area contributed by atoms with E-state index in [0.29, 0.717) is 5.69 Å². The maximum absolute atomic E-state index is 12.5. The number of hydrogen-bond donors (Lipinski definition) is 2. The highest BCUT2D eigenvalue weighted by Crippen LogP contribution is 2.23. The Morgan fingerprint density at radius 3 is 1.74 bits per heavy atom. The monoisotopic (exact) mass is 415 g/mol. The van der Waals surface area contributed by atoms with Crippen LogP contribution >= 0.6 is 0 Å². The largest absolute Gasteiger partial charge is 0.478 e. The average molecular weight is 415 g/mol. The van der Waals surface area contributed by atoms with Crippen LogP contribution in [0.1, 0.15) is 26.3 Å². The van der Waals surface area contributed by atoms with E-state index < -0.39 is 11.9 Å². The van der Waals surface area contributed by atoms with Crippen LogP contribution < -0.4 is 15.1 Å². The van der Waals surface area contributed by atoms with E-state index in [1.165, 1.54) is 23.4 Å². The number of carboxylic acid groups (broad SMARTS) is 1. The molecule has 1 fully saturated rings. The number of piperazine rings is 1. The van der Waals surface area contributed by atoms with Crippen molar-refractivity contribution in [3.63, 3.8) is 0 Å². The molecule has 6 nitrogen and oxygen atoms in total. The molecule has 0 aromatic heterocycles. The lowest BCUT2D eigenvalue weighted by Crippen LogP contribution is -2.46. The van der Waals surface area contributed by atoms with Crippen molar-refractivity contribution in [2.45, 2.75) is 6.92 Å². The highest BCUT2D eigenvalue weighted by Gasteiger charge is 2.18. The number of benzene rings is 3. The van der Waals surface area contributed by atoms with Gasteiger partial charge in [-0.25, -0.2) is 4.79 Å². The molecule has 6 heteroatoms. The molecule has 0 bridgehead atoms. The molecule has 4 rings (SSSR count). The quantitative estimate of drug-likeness (QED) is 0.651. The maximum Gasteiger partial charge on any atom is 0.336 e. The van der Waals surface area contributed by atoms with Crippen LogP contribution in [0.3, 0.4) is 0 Å². The Bertz CT molecular complexity index is 1070. The molecule has 3 aromatic rings. The third-order valence-corrected chi connectivity index (χ3v) is 5.57. The van der Waals surface area contributed by atoms with Gasteiger partial charge in [0.25, 0.3) is 5.91 Å². The second-order valence-electron chi connectivity index (χ2n) is 7.66. The molecule has 0 radical (unpaired) electrons. The summed E-state index contributed by atoms with van der Waals surface area (Å²) in [5.74, 6) is -1.55. The SMILES string of the molecule is Cc1ccc(N2CCN(c3ccc(NC(=O)c4ccccc4C(=O)O)cc3)CC2)cc1. The summed E-state index contributed by atoms with van der Waals surface area (Å²) < 4.78 is 0. The molecular weight excluding hydrogens is 390 g/mol. The highest BCUT2D eigenvalue weighted by atomic mass is 16.4. The van der Waals surface area contributed by atoms with E-state index in [1.54, 1.807) is 12.1 Å². The van der Waals surface area contributed by atoms with Crippen molar-refractivity contribution in [3.05, 3.63) is 89.5 Å². The van der Waals surface area contributed by atoms with Gasteiger partial charge in [0.1, 0.15) is 0 Å². The molecule has 0 aliphatic carbocycles. The summed E-state index contributed by atoms with van der Waals surface area (Å²) in [6.07, 6.45) is 0. The number of amides is 1. The third-order valence-electron chi connectivity index (χ3n) is 5.57. The van der Waals surface area contributed by atoms with Crippen LogP contribution in [-0.4, -0.2) is 43.2 Å². The van der Waals surface area contributed by atoms with Gasteiger partial charge in [-0.3, -0.25) is 4.79 Å². The van der Waals surface area contributed by atoms with Gasteiger partial charge < -0.3 is 20.2 Å². The van der Waals surface area contributed by atoms with Crippen molar-refractivity contribution in [1.82, 2.24) is 0 Å². The number of aryl methyl sites for hydroxylation is 1. The van der Waals surface area contributed by atoms with Gasteiger partial charge in [0.2, 0.25) is 0 Å². The summed E-state index contributed by atoms with van der Waals surface area (Å²) in [5.41, 5.74) is 4.39. The topological polar surface area (TPSA) is 72.9 Å². The molecule has 3 aromatic carbocycles. The third kappa shape index (κ3) is 4.69. The zero-order valence-corrected chi connectivity index (χ0v) is 17.4. The first-order chi connectivity index (χ1) is 15.0. The van der Waals surface area contributed by atoms with Crippen molar-refractivity contribution in [1.29, 1.82) is 0 Å².